The third-order valence-corrected chi connectivity index (χ3v) is 7.67. The molecule has 4 rings (SSSR count). The zero-order valence-corrected chi connectivity index (χ0v) is 21.8. The minimum atomic E-state index is -4.01. The number of hydrogen-bond donors (Lipinski definition) is 0. The van der Waals surface area contributed by atoms with Crippen LogP contribution in [0.1, 0.15) is 16.2 Å². The lowest BCUT2D eigenvalue weighted by Gasteiger charge is -2.27. The Bertz CT molecular complexity index is 1370. The van der Waals surface area contributed by atoms with Gasteiger partial charge in [-0.3, -0.25) is 4.79 Å². The van der Waals surface area contributed by atoms with Crippen LogP contribution in [-0.2, 0) is 21.3 Å². The summed E-state index contributed by atoms with van der Waals surface area (Å²) in [5.41, 5.74) is 0.770. The third kappa shape index (κ3) is 5.53. The van der Waals surface area contributed by atoms with Crippen LogP contribution in [0.15, 0.2) is 45.8 Å². The maximum Gasteiger partial charge on any atom is 0.257 e. The Morgan fingerprint density at radius 1 is 1.00 bits per heavy atom. The molecule has 0 radical (unpaired) electrons. The fourth-order valence-corrected chi connectivity index (χ4v) is 4.97. The highest BCUT2D eigenvalue weighted by Crippen LogP contribution is 2.31. The maximum atomic E-state index is 13.3. The van der Waals surface area contributed by atoms with Crippen molar-refractivity contribution < 1.29 is 36.7 Å². The van der Waals surface area contributed by atoms with E-state index in [1.165, 1.54) is 46.6 Å². The second-order valence-electron chi connectivity index (χ2n) is 8.11. The van der Waals surface area contributed by atoms with Crippen molar-refractivity contribution in [3.63, 3.8) is 0 Å². The summed E-state index contributed by atoms with van der Waals surface area (Å²) in [7, 11) is 1.86. The molecule has 1 amide bonds. The van der Waals surface area contributed by atoms with Crippen molar-refractivity contribution in [1.82, 2.24) is 19.3 Å². The lowest BCUT2D eigenvalue weighted by molar-refractivity contribution is 0.0300. The molecule has 1 saturated heterocycles. The van der Waals surface area contributed by atoms with E-state index in [1.54, 1.807) is 23.1 Å². The Balaban J connectivity index is 1.55. The van der Waals surface area contributed by atoms with Gasteiger partial charge in [-0.25, -0.2) is 8.42 Å². The summed E-state index contributed by atoms with van der Waals surface area (Å²) in [6.45, 7) is 1.49. The molecule has 1 aliphatic heterocycles. The highest BCUT2D eigenvalue weighted by atomic mass is 32.2. The van der Waals surface area contributed by atoms with Crippen molar-refractivity contribution in [2.24, 2.45) is 0 Å². The Labute approximate surface area is 214 Å². The van der Waals surface area contributed by atoms with Crippen molar-refractivity contribution in [3.05, 3.63) is 47.9 Å². The van der Waals surface area contributed by atoms with Crippen molar-refractivity contribution >= 4 is 15.9 Å². The molecule has 1 aliphatic rings. The topological polar surface area (TPSA) is 134 Å². The van der Waals surface area contributed by atoms with E-state index in [2.05, 4.69) is 10.1 Å². The summed E-state index contributed by atoms with van der Waals surface area (Å²) >= 11 is 0. The van der Waals surface area contributed by atoms with Gasteiger partial charge in [-0.1, -0.05) is 5.16 Å². The molecule has 0 saturated carbocycles. The number of ether oxygens (including phenoxy) is 4. The molecular weight excluding hydrogens is 504 g/mol. The average molecular weight is 533 g/mol. The highest BCUT2D eigenvalue weighted by molar-refractivity contribution is 7.89. The number of benzene rings is 2. The lowest BCUT2D eigenvalue weighted by atomic mass is 10.1. The normalized spacial score (nSPS) is 14.0. The molecule has 198 valence electrons. The zero-order chi connectivity index (χ0) is 26.6. The summed E-state index contributed by atoms with van der Waals surface area (Å²) in [6.07, 6.45) is 0. The Kier molecular flexibility index (Phi) is 7.95. The first-order valence-electron chi connectivity index (χ1n) is 11.3. The minimum Gasteiger partial charge on any atom is -0.496 e. The van der Waals surface area contributed by atoms with E-state index in [9.17, 15) is 13.2 Å². The van der Waals surface area contributed by atoms with Gasteiger partial charge in [-0.05, 0) is 36.4 Å². The van der Waals surface area contributed by atoms with Gasteiger partial charge in [-0.15, -0.1) is 0 Å². The van der Waals surface area contributed by atoms with E-state index in [-0.39, 0.29) is 40.4 Å². The molecule has 0 bridgehead atoms. The second-order valence-corrected chi connectivity index (χ2v) is 10.2. The summed E-state index contributed by atoms with van der Waals surface area (Å²) in [5, 5.41) is 3.96. The number of morpholine rings is 1. The number of hydrogen-bond acceptors (Lipinski definition) is 10. The van der Waals surface area contributed by atoms with Crippen LogP contribution in [0.5, 0.6) is 17.2 Å². The van der Waals surface area contributed by atoms with Gasteiger partial charge in [0.25, 0.3) is 5.91 Å². The molecule has 0 aliphatic carbocycles. The van der Waals surface area contributed by atoms with Crippen LogP contribution >= 0.6 is 0 Å². The quantitative estimate of drug-likeness (QED) is 0.403. The van der Waals surface area contributed by atoms with Crippen molar-refractivity contribution in [1.29, 1.82) is 0 Å². The molecule has 2 aromatic carbocycles. The van der Waals surface area contributed by atoms with Gasteiger partial charge in [0, 0.05) is 25.7 Å². The van der Waals surface area contributed by atoms with Gasteiger partial charge in [0.05, 0.1) is 51.5 Å². The van der Waals surface area contributed by atoms with Gasteiger partial charge in [-0.2, -0.15) is 9.29 Å². The summed E-state index contributed by atoms with van der Waals surface area (Å²) in [4.78, 5) is 18.9. The number of methoxy groups -OCH3 is 3. The van der Waals surface area contributed by atoms with E-state index >= 15 is 0 Å². The molecule has 3 aromatic rings. The van der Waals surface area contributed by atoms with E-state index in [0.717, 1.165) is 4.31 Å². The number of carbonyl (C=O) groups is 1. The van der Waals surface area contributed by atoms with Crippen LogP contribution < -0.4 is 14.2 Å². The van der Waals surface area contributed by atoms with E-state index in [0.29, 0.717) is 43.4 Å². The van der Waals surface area contributed by atoms with Gasteiger partial charge in [0.2, 0.25) is 21.7 Å². The van der Waals surface area contributed by atoms with Crippen LogP contribution in [0.3, 0.4) is 0 Å². The van der Waals surface area contributed by atoms with Gasteiger partial charge in [0.1, 0.15) is 5.75 Å². The fourth-order valence-electron chi connectivity index (χ4n) is 3.82. The molecule has 0 N–H and O–H groups in total. The van der Waals surface area contributed by atoms with Gasteiger partial charge >= 0.3 is 0 Å². The van der Waals surface area contributed by atoms with Crippen molar-refractivity contribution in [2.75, 3.05) is 54.7 Å². The number of carbonyl (C=O) groups excluding carboxylic acids is 1. The summed E-state index contributed by atoms with van der Waals surface area (Å²) in [6, 6.07) is 9.32. The molecule has 0 spiro atoms. The zero-order valence-electron chi connectivity index (χ0n) is 21.0. The van der Waals surface area contributed by atoms with Crippen molar-refractivity contribution in [3.8, 4) is 28.6 Å². The van der Waals surface area contributed by atoms with Crippen LogP contribution in [0.25, 0.3) is 11.4 Å². The largest absolute Gasteiger partial charge is 0.496 e. The fraction of sp³-hybridized carbons (Fsp3) is 0.375. The summed E-state index contributed by atoms with van der Waals surface area (Å²) in [5.74, 6) is 1.36. The molecule has 1 aromatic heterocycles. The van der Waals surface area contributed by atoms with Crippen LogP contribution in [-0.4, -0.2) is 88.4 Å². The van der Waals surface area contributed by atoms with E-state index in [4.69, 9.17) is 23.5 Å². The average Bonchev–Trinajstić information content (AvgIpc) is 3.40. The molecular formula is C24H28N4O8S. The first-order chi connectivity index (χ1) is 17.8. The minimum absolute atomic E-state index is 0.0629. The number of sulfonamides is 1. The Hall–Kier alpha value is -3.68. The first-order valence-corrected chi connectivity index (χ1v) is 12.8. The molecule has 13 heteroatoms. The third-order valence-electron chi connectivity index (χ3n) is 5.88. The second kappa shape index (κ2) is 11.2. The number of aromatic nitrogens is 2. The smallest absolute Gasteiger partial charge is 0.257 e. The molecule has 37 heavy (non-hydrogen) atoms. The van der Waals surface area contributed by atoms with Crippen molar-refractivity contribution in [2.45, 2.75) is 11.4 Å². The van der Waals surface area contributed by atoms with Crippen LogP contribution in [0, 0.1) is 0 Å². The standard InChI is InChI=1S/C24H28N4O8S/c1-27(15-22-25-23(26-36-22)16-5-7-20(33-3)21(13-16)34-4)37(30,31)17-6-8-19(32-2)18(14-17)24(29)28-9-11-35-12-10-28/h5-8,13-14H,9-12,15H2,1-4H3. The SMILES string of the molecule is COc1ccc(-c2noc(CN(C)S(=O)(=O)c3ccc(OC)c(C(=O)N4CCOCC4)c3)n2)cc1OC. The number of nitrogens with zero attached hydrogens (tertiary/aromatic N) is 4. The molecule has 0 atom stereocenters. The first kappa shape index (κ1) is 26.4. The van der Waals surface area contributed by atoms with Crippen LogP contribution in [0.2, 0.25) is 0 Å². The maximum absolute atomic E-state index is 13.3. The van der Waals surface area contributed by atoms with E-state index < -0.39 is 10.0 Å². The number of amides is 1. The molecule has 0 unspecified atom stereocenters. The predicted molar refractivity (Wildman–Crippen MR) is 131 cm³/mol. The monoisotopic (exact) mass is 532 g/mol. The molecule has 1 fully saturated rings. The summed E-state index contributed by atoms with van der Waals surface area (Å²) < 4.78 is 54.2. The van der Waals surface area contributed by atoms with Crippen LogP contribution in [0.4, 0.5) is 0 Å². The van der Waals surface area contributed by atoms with E-state index in [1.807, 2.05) is 0 Å². The van der Waals surface area contributed by atoms with Gasteiger partial charge in [0.15, 0.2) is 11.5 Å². The Morgan fingerprint density at radius 2 is 1.68 bits per heavy atom. The predicted octanol–water partition coefficient (Wildman–Crippen LogP) is 2.06. The number of rotatable bonds is 9. The molecule has 2 heterocycles. The highest BCUT2D eigenvalue weighted by Gasteiger charge is 2.28. The Morgan fingerprint density at radius 3 is 2.35 bits per heavy atom. The lowest BCUT2D eigenvalue weighted by Crippen LogP contribution is -2.40. The van der Waals surface area contributed by atoms with Gasteiger partial charge < -0.3 is 28.4 Å². The molecule has 12 nitrogen and oxygen atoms in total.